The first kappa shape index (κ1) is 22.0. The van der Waals surface area contributed by atoms with Gasteiger partial charge >= 0.3 is 5.69 Å². The second-order valence-electron chi connectivity index (χ2n) is 9.52. The summed E-state index contributed by atoms with van der Waals surface area (Å²) >= 11 is 1.39. The summed E-state index contributed by atoms with van der Waals surface area (Å²) in [5, 5.41) is 14.3. The molecule has 1 aromatic carbocycles. The van der Waals surface area contributed by atoms with E-state index in [2.05, 4.69) is 26.5 Å². The Labute approximate surface area is 204 Å². The van der Waals surface area contributed by atoms with Gasteiger partial charge in [-0.3, -0.25) is 9.36 Å². The molecule has 180 valence electrons. The zero-order chi connectivity index (χ0) is 24.3. The Hall–Kier alpha value is -3.53. The fourth-order valence-electron chi connectivity index (χ4n) is 5.64. The Morgan fingerprint density at radius 3 is 2.49 bits per heavy atom. The summed E-state index contributed by atoms with van der Waals surface area (Å²) < 4.78 is 16.1. The van der Waals surface area contributed by atoms with Gasteiger partial charge in [-0.05, 0) is 61.9 Å². The van der Waals surface area contributed by atoms with Gasteiger partial charge in [0.05, 0.1) is 34.3 Å². The summed E-state index contributed by atoms with van der Waals surface area (Å²) in [6.45, 7) is 3.78. The number of anilines is 2. The SMILES string of the molecule is Cc1cc(N2CC3CCC(C2)C3Nc2csc3c2c(=O)n(-c2ccc(F)cc2)c(=O)n3C)cnn1. The molecule has 1 saturated carbocycles. The quantitative estimate of drug-likeness (QED) is 0.471. The molecule has 4 aromatic rings. The minimum Gasteiger partial charge on any atom is -0.380 e. The molecule has 6 rings (SSSR count). The molecular formula is C25H25FN6O2S. The number of nitrogens with one attached hydrogen (secondary N) is 1. The summed E-state index contributed by atoms with van der Waals surface area (Å²) in [4.78, 5) is 29.6. The van der Waals surface area contributed by atoms with Crippen LogP contribution < -0.4 is 21.5 Å². The lowest BCUT2D eigenvalue weighted by Crippen LogP contribution is -2.48. The highest BCUT2D eigenvalue weighted by Crippen LogP contribution is 2.41. The first-order valence-electron chi connectivity index (χ1n) is 11.7. The molecule has 0 amide bonds. The van der Waals surface area contributed by atoms with Crippen LogP contribution in [0.3, 0.4) is 0 Å². The molecular weight excluding hydrogens is 467 g/mol. The number of piperidine rings is 1. The number of hydrogen-bond acceptors (Lipinski definition) is 7. The third-order valence-corrected chi connectivity index (χ3v) is 8.39. The second-order valence-corrected chi connectivity index (χ2v) is 10.4. The zero-order valence-corrected chi connectivity index (χ0v) is 20.3. The predicted octanol–water partition coefficient (Wildman–Crippen LogP) is 3.32. The van der Waals surface area contributed by atoms with Gasteiger partial charge < -0.3 is 10.2 Å². The summed E-state index contributed by atoms with van der Waals surface area (Å²) in [5.41, 5.74) is 2.29. The zero-order valence-electron chi connectivity index (χ0n) is 19.4. The maximum atomic E-state index is 13.6. The van der Waals surface area contributed by atoms with E-state index in [0.29, 0.717) is 27.7 Å². The van der Waals surface area contributed by atoms with Gasteiger partial charge in [-0.25, -0.2) is 13.8 Å². The molecule has 35 heavy (non-hydrogen) atoms. The largest absolute Gasteiger partial charge is 0.380 e. The van der Waals surface area contributed by atoms with Crippen LogP contribution >= 0.6 is 11.3 Å². The molecule has 1 aliphatic heterocycles. The van der Waals surface area contributed by atoms with Gasteiger partial charge in [-0.2, -0.15) is 10.2 Å². The molecule has 1 saturated heterocycles. The Morgan fingerprint density at radius 1 is 1.09 bits per heavy atom. The van der Waals surface area contributed by atoms with Crippen LogP contribution in [0.4, 0.5) is 15.8 Å². The van der Waals surface area contributed by atoms with E-state index in [1.165, 1.54) is 40.2 Å². The maximum Gasteiger partial charge on any atom is 0.336 e. The van der Waals surface area contributed by atoms with Crippen LogP contribution in [-0.2, 0) is 7.05 Å². The van der Waals surface area contributed by atoms with E-state index in [1.54, 1.807) is 7.05 Å². The van der Waals surface area contributed by atoms with Crippen molar-refractivity contribution >= 4 is 32.9 Å². The standard InChI is InChI=1S/C25H25FN6O2S/c1-14-9-19(10-27-29-14)31-11-15-3-4-16(12-31)22(15)28-20-13-35-24-21(20)23(33)32(25(34)30(24)2)18-7-5-17(26)6-8-18/h5-10,13,15-16,22,28H,3-4,11-12H2,1-2H3. The minimum atomic E-state index is -0.447. The molecule has 1 N–H and O–H groups in total. The van der Waals surface area contributed by atoms with Crippen molar-refractivity contribution in [3.05, 3.63) is 74.3 Å². The monoisotopic (exact) mass is 492 g/mol. The van der Waals surface area contributed by atoms with Crippen molar-refractivity contribution in [3.63, 3.8) is 0 Å². The van der Waals surface area contributed by atoms with Gasteiger partial charge in [0.25, 0.3) is 5.56 Å². The first-order valence-corrected chi connectivity index (χ1v) is 12.6. The molecule has 1 aliphatic carbocycles. The third kappa shape index (κ3) is 3.63. The number of hydrogen-bond donors (Lipinski definition) is 1. The van der Waals surface area contributed by atoms with Crippen LogP contribution in [0.15, 0.2) is 51.5 Å². The molecule has 10 heteroatoms. The van der Waals surface area contributed by atoms with Gasteiger partial charge in [0.2, 0.25) is 0 Å². The first-order chi connectivity index (χ1) is 16.9. The normalized spacial score (nSPS) is 21.6. The van der Waals surface area contributed by atoms with Crippen molar-refractivity contribution in [3.8, 4) is 5.69 Å². The molecule has 3 aromatic heterocycles. The summed E-state index contributed by atoms with van der Waals surface area (Å²) in [5.74, 6) is 0.449. The van der Waals surface area contributed by atoms with Gasteiger partial charge in [0, 0.05) is 31.6 Å². The van der Waals surface area contributed by atoms with Crippen molar-refractivity contribution in [2.45, 2.75) is 25.8 Å². The van der Waals surface area contributed by atoms with Gasteiger partial charge in [-0.15, -0.1) is 11.3 Å². The number of aryl methyl sites for hydroxylation is 2. The topological polar surface area (TPSA) is 85.0 Å². The average molecular weight is 493 g/mol. The minimum absolute atomic E-state index is 0.246. The van der Waals surface area contributed by atoms with Crippen LogP contribution in [0.2, 0.25) is 0 Å². The Bertz CT molecular complexity index is 1530. The van der Waals surface area contributed by atoms with Crippen molar-refractivity contribution in [1.82, 2.24) is 19.3 Å². The third-order valence-electron chi connectivity index (χ3n) is 7.34. The van der Waals surface area contributed by atoms with Crippen LogP contribution in [0, 0.1) is 24.6 Å². The van der Waals surface area contributed by atoms with E-state index in [0.717, 1.165) is 47.6 Å². The van der Waals surface area contributed by atoms with Crippen LogP contribution in [-0.4, -0.2) is 38.5 Å². The van der Waals surface area contributed by atoms with E-state index in [-0.39, 0.29) is 11.6 Å². The second kappa shape index (κ2) is 8.30. The molecule has 0 spiro atoms. The Balaban J connectivity index is 1.35. The van der Waals surface area contributed by atoms with Crippen molar-refractivity contribution in [2.24, 2.45) is 18.9 Å². The van der Waals surface area contributed by atoms with E-state index >= 15 is 0 Å². The lowest BCUT2D eigenvalue weighted by Gasteiger charge is -2.39. The van der Waals surface area contributed by atoms with E-state index in [4.69, 9.17) is 0 Å². The predicted molar refractivity (Wildman–Crippen MR) is 135 cm³/mol. The van der Waals surface area contributed by atoms with Crippen molar-refractivity contribution in [1.29, 1.82) is 0 Å². The highest BCUT2D eigenvalue weighted by Gasteiger charge is 2.42. The molecule has 0 radical (unpaired) electrons. The number of fused-ring (bicyclic) bond motifs is 3. The lowest BCUT2D eigenvalue weighted by atomic mass is 9.91. The fourth-order valence-corrected chi connectivity index (χ4v) is 6.61. The van der Waals surface area contributed by atoms with Gasteiger partial charge in [-0.1, -0.05) is 0 Å². The van der Waals surface area contributed by atoms with Gasteiger partial charge in [0.15, 0.2) is 0 Å². The number of nitrogens with zero attached hydrogens (tertiary/aromatic N) is 5. The Morgan fingerprint density at radius 2 is 1.80 bits per heavy atom. The van der Waals surface area contributed by atoms with E-state index < -0.39 is 11.5 Å². The molecule has 2 fully saturated rings. The number of benzene rings is 1. The molecule has 2 bridgehead atoms. The summed E-state index contributed by atoms with van der Waals surface area (Å²) in [7, 11) is 1.66. The molecule has 8 nitrogen and oxygen atoms in total. The van der Waals surface area contributed by atoms with Crippen LogP contribution in [0.5, 0.6) is 0 Å². The summed E-state index contributed by atoms with van der Waals surface area (Å²) in [6, 6.07) is 7.73. The molecule has 4 heterocycles. The van der Waals surface area contributed by atoms with Crippen molar-refractivity contribution < 1.29 is 4.39 Å². The average Bonchev–Trinajstić information content (AvgIpc) is 3.36. The lowest BCUT2D eigenvalue weighted by molar-refractivity contribution is 0.378. The van der Waals surface area contributed by atoms with Crippen LogP contribution in [0.1, 0.15) is 18.5 Å². The molecule has 2 atom stereocenters. The smallest absolute Gasteiger partial charge is 0.336 e. The van der Waals surface area contributed by atoms with Gasteiger partial charge in [0.1, 0.15) is 10.6 Å². The Kier molecular flexibility index (Phi) is 5.21. The van der Waals surface area contributed by atoms with E-state index in [9.17, 15) is 14.0 Å². The fraction of sp³-hybridized carbons (Fsp3) is 0.360. The maximum absolute atomic E-state index is 13.6. The number of rotatable bonds is 4. The molecule has 2 aliphatic rings. The summed E-state index contributed by atoms with van der Waals surface area (Å²) in [6.07, 6.45) is 4.07. The molecule has 2 unspecified atom stereocenters. The highest BCUT2D eigenvalue weighted by molar-refractivity contribution is 7.17. The highest BCUT2D eigenvalue weighted by atomic mass is 32.1. The van der Waals surface area contributed by atoms with E-state index in [1.807, 2.05) is 18.5 Å². The van der Waals surface area contributed by atoms with Crippen LogP contribution in [0.25, 0.3) is 15.9 Å². The van der Waals surface area contributed by atoms with Crippen molar-refractivity contribution in [2.75, 3.05) is 23.3 Å². The number of thiophene rings is 1. The number of aromatic nitrogens is 4. The number of halogens is 1.